The molecule has 3 N–H and O–H groups in total. The number of amides is 1. The Morgan fingerprint density at radius 2 is 2.20 bits per heavy atom. The Balaban J connectivity index is 2.44. The van der Waals surface area contributed by atoms with E-state index in [9.17, 15) is 9.59 Å². The minimum absolute atomic E-state index is 0.0567. The second kappa shape index (κ2) is 7.71. The molecule has 1 atom stereocenters. The molecule has 1 aromatic carbocycles. The molecule has 1 rings (SSSR count). The summed E-state index contributed by atoms with van der Waals surface area (Å²) in [5.41, 5.74) is 1.21. The summed E-state index contributed by atoms with van der Waals surface area (Å²) in [6.07, 6.45) is 1.29. The van der Waals surface area contributed by atoms with Crippen LogP contribution in [0, 0.1) is 11.3 Å². The van der Waals surface area contributed by atoms with Crippen molar-refractivity contribution in [1.82, 2.24) is 5.32 Å². The SMILES string of the molecule is N#Cc1cccc(/C=C/C(=O)NCCC(O)C(=O)O)c1. The van der Waals surface area contributed by atoms with E-state index in [4.69, 9.17) is 15.5 Å². The molecule has 6 nitrogen and oxygen atoms in total. The van der Waals surface area contributed by atoms with E-state index < -0.39 is 18.0 Å². The molecule has 0 heterocycles. The van der Waals surface area contributed by atoms with Gasteiger partial charge in [0.1, 0.15) is 0 Å². The van der Waals surface area contributed by atoms with Crippen LogP contribution < -0.4 is 5.32 Å². The Kier molecular flexibility index (Phi) is 5.94. The minimum Gasteiger partial charge on any atom is -0.479 e. The Hall–Kier alpha value is -2.65. The molecule has 1 amide bonds. The number of carboxylic acid groups (broad SMARTS) is 1. The van der Waals surface area contributed by atoms with Gasteiger partial charge >= 0.3 is 5.97 Å². The van der Waals surface area contributed by atoms with Crippen LogP contribution in [0.25, 0.3) is 6.08 Å². The zero-order valence-corrected chi connectivity index (χ0v) is 10.6. The molecule has 0 fully saturated rings. The Bertz CT molecular complexity index is 561. The second-order valence-corrected chi connectivity index (χ2v) is 4.00. The van der Waals surface area contributed by atoms with Gasteiger partial charge in [0.2, 0.25) is 5.91 Å². The lowest BCUT2D eigenvalue weighted by Gasteiger charge is -2.05. The van der Waals surface area contributed by atoms with Gasteiger partial charge in [-0.25, -0.2) is 4.79 Å². The highest BCUT2D eigenvalue weighted by molar-refractivity contribution is 5.91. The van der Waals surface area contributed by atoms with Gasteiger partial charge in [-0.3, -0.25) is 4.79 Å². The van der Waals surface area contributed by atoms with E-state index in [0.29, 0.717) is 11.1 Å². The van der Waals surface area contributed by atoms with Crippen LogP contribution in [0.5, 0.6) is 0 Å². The Labute approximate surface area is 116 Å². The van der Waals surface area contributed by atoms with Crippen LogP contribution in [0.15, 0.2) is 30.3 Å². The van der Waals surface area contributed by atoms with Gasteiger partial charge in [-0.05, 0) is 23.8 Å². The Morgan fingerprint density at radius 3 is 2.85 bits per heavy atom. The molecule has 0 aliphatic carbocycles. The molecule has 0 bridgehead atoms. The summed E-state index contributed by atoms with van der Waals surface area (Å²) in [5, 5.41) is 28.6. The van der Waals surface area contributed by atoms with Crippen molar-refractivity contribution < 1.29 is 19.8 Å². The maximum atomic E-state index is 11.4. The van der Waals surface area contributed by atoms with Gasteiger partial charge in [0, 0.05) is 19.0 Å². The van der Waals surface area contributed by atoms with Crippen molar-refractivity contribution in [1.29, 1.82) is 5.26 Å². The molecular formula is C14H14N2O4. The monoisotopic (exact) mass is 274 g/mol. The van der Waals surface area contributed by atoms with E-state index in [0.717, 1.165) is 0 Å². The van der Waals surface area contributed by atoms with E-state index in [1.54, 1.807) is 30.3 Å². The van der Waals surface area contributed by atoms with Gasteiger partial charge in [0.15, 0.2) is 6.10 Å². The van der Waals surface area contributed by atoms with Crippen molar-refractivity contribution in [2.45, 2.75) is 12.5 Å². The highest BCUT2D eigenvalue weighted by atomic mass is 16.4. The number of hydrogen-bond acceptors (Lipinski definition) is 4. The number of nitrogens with one attached hydrogen (secondary N) is 1. The van der Waals surface area contributed by atoms with Crippen molar-refractivity contribution in [3.63, 3.8) is 0 Å². The number of carbonyl (C=O) groups is 2. The zero-order chi connectivity index (χ0) is 15.0. The summed E-state index contributed by atoms with van der Waals surface area (Å²) in [6.45, 7) is 0.0644. The van der Waals surface area contributed by atoms with Crippen LogP contribution in [0.1, 0.15) is 17.5 Å². The van der Waals surface area contributed by atoms with Crippen LogP contribution in [0.3, 0.4) is 0 Å². The minimum atomic E-state index is -1.48. The molecule has 0 aliphatic heterocycles. The normalized spacial score (nSPS) is 11.8. The zero-order valence-electron chi connectivity index (χ0n) is 10.6. The summed E-state index contributed by atoms with van der Waals surface area (Å²) < 4.78 is 0. The lowest BCUT2D eigenvalue weighted by atomic mass is 10.1. The van der Waals surface area contributed by atoms with Gasteiger partial charge < -0.3 is 15.5 Å². The van der Waals surface area contributed by atoms with E-state index in [1.165, 1.54) is 6.08 Å². The number of aliphatic hydroxyl groups is 1. The number of carboxylic acids is 1. The predicted octanol–water partition coefficient (Wildman–Crippen LogP) is 0.523. The van der Waals surface area contributed by atoms with E-state index in [2.05, 4.69) is 5.32 Å². The smallest absolute Gasteiger partial charge is 0.332 e. The number of nitriles is 1. The molecule has 20 heavy (non-hydrogen) atoms. The van der Waals surface area contributed by atoms with Crippen LogP contribution >= 0.6 is 0 Å². The quantitative estimate of drug-likeness (QED) is 0.655. The molecule has 104 valence electrons. The van der Waals surface area contributed by atoms with Crippen LogP contribution in [-0.4, -0.2) is 34.7 Å². The molecule has 0 spiro atoms. The summed E-state index contributed by atoms with van der Waals surface area (Å²) in [7, 11) is 0. The standard InChI is InChI=1S/C14H14N2O4/c15-9-11-3-1-2-10(8-11)4-5-13(18)16-7-6-12(17)14(19)20/h1-5,8,12,17H,6-7H2,(H,16,18)(H,19,20)/b5-4+. The lowest BCUT2D eigenvalue weighted by molar-refractivity contribution is -0.147. The Morgan fingerprint density at radius 1 is 1.45 bits per heavy atom. The maximum absolute atomic E-state index is 11.4. The molecule has 0 aliphatic rings. The number of hydrogen-bond donors (Lipinski definition) is 3. The van der Waals surface area contributed by atoms with Crippen molar-refractivity contribution in [2.75, 3.05) is 6.54 Å². The molecule has 1 unspecified atom stereocenters. The molecule has 1 aromatic rings. The number of aliphatic hydroxyl groups excluding tert-OH is 1. The highest BCUT2D eigenvalue weighted by Gasteiger charge is 2.12. The lowest BCUT2D eigenvalue weighted by Crippen LogP contribution is -2.28. The largest absolute Gasteiger partial charge is 0.479 e. The summed E-state index contributed by atoms with van der Waals surface area (Å²) in [5.74, 6) is -1.71. The van der Waals surface area contributed by atoms with Crippen molar-refractivity contribution in [2.24, 2.45) is 0 Å². The van der Waals surface area contributed by atoms with Crippen LogP contribution in [0.2, 0.25) is 0 Å². The first-order valence-electron chi connectivity index (χ1n) is 5.90. The third-order valence-corrected chi connectivity index (χ3v) is 2.44. The van der Waals surface area contributed by atoms with Gasteiger partial charge in [0.05, 0.1) is 11.6 Å². The average molecular weight is 274 g/mol. The summed E-state index contributed by atoms with van der Waals surface area (Å²) >= 11 is 0. The first-order chi connectivity index (χ1) is 9.52. The highest BCUT2D eigenvalue weighted by Crippen LogP contribution is 2.05. The fourth-order valence-electron chi connectivity index (χ4n) is 1.40. The number of nitrogens with zero attached hydrogens (tertiary/aromatic N) is 1. The fraction of sp³-hybridized carbons (Fsp3) is 0.214. The molecular weight excluding hydrogens is 260 g/mol. The van der Waals surface area contributed by atoms with Crippen molar-refractivity contribution in [3.8, 4) is 6.07 Å². The van der Waals surface area contributed by atoms with Crippen molar-refractivity contribution in [3.05, 3.63) is 41.5 Å². The fourth-order valence-corrected chi connectivity index (χ4v) is 1.40. The van der Waals surface area contributed by atoms with E-state index in [-0.39, 0.29) is 13.0 Å². The van der Waals surface area contributed by atoms with Gasteiger partial charge in [-0.15, -0.1) is 0 Å². The molecule has 0 aromatic heterocycles. The van der Waals surface area contributed by atoms with Gasteiger partial charge in [-0.1, -0.05) is 12.1 Å². The molecule has 6 heteroatoms. The second-order valence-electron chi connectivity index (χ2n) is 4.00. The topological polar surface area (TPSA) is 110 Å². The number of benzene rings is 1. The predicted molar refractivity (Wildman–Crippen MR) is 71.5 cm³/mol. The first-order valence-corrected chi connectivity index (χ1v) is 5.90. The molecule has 0 radical (unpaired) electrons. The van der Waals surface area contributed by atoms with Crippen LogP contribution in [0.4, 0.5) is 0 Å². The van der Waals surface area contributed by atoms with Crippen molar-refractivity contribution >= 4 is 18.0 Å². The third kappa shape index (κ3) is 5.33. The summed E-state index contributed by atoms with van der Waals surface area (Å²) in [6, 6.07) is 8.75. The van der Waals surface area contributed by atoms with Gasteiger partial charge in [0.25, 0.3) is 0 Å². The van der Waals surface area contributed by atoms with Gasteiger partial charge in [-0.2, -0.15) is 5.26 Å². The average Bonchev–Trinajstić information content (AvgIpc) is 2.45. The van der Waals surface area contributed by atoms with E-state index >= 15 is 0 Å². The van der Waals surface area contributed by atoms with Crippen LogP contribution in [-0.2, 0) is 9.59 Å². The van der Waals surface area contributed by atoms with E-state index in [1.807, 2.05) is 6.07 Å². The summed E-state index contributed by atoms with van der Waals surface area (Å²) in [4.78, 5) is 21.8. The number of rotatable bonds is 6. The molecule has 0 saturated carbocycles. The first kappa shape index (κ1) is 15.4. The number of carbonyl (C=O) groups excluding carboxylic acids is 1. The maximum Gasteiger partial charge on any atom is 0.332 e. The molecule has 0 saturated heterocycles. The third-order valence-electron chi connectivity index (χ3n) is 2.44. The number of aliphatic carboxylic acids is 1.